The van der Waals surface area contributed by atoms with Crippen LogP contribution in [0.5, 0.6) is 0 Å². The fourth-order valence-electron chi connectivity index (χ4n) is 3.17. The predicted molar refractivity (Wildman–Crippen MR) is 110 cm³/mol. The maximum atomic E-state index is 12.8. The van der Waals surface area contributed by atoms with E-state index in [0.29, 0.717) is 10.6 Å². The number of anilines is 1. The van der Waals surface area contributed by atoms with Gasteiger partial charge in [0.25, 0.3) is 5.91 Å². The van der Waals surface area contributed by atoms with E-state index in [1.165, 1.54) is 11.3 Å². The quantitative estimate of drug-likeness (QED) is 0.657. The highest BCUT2D eigenvalue weighted by Gasteiger charge is 2.22. The normalized spacial score (nSPS) is 10.8. The third-order valence-corrected chi connectivity index (χ3v) is 5.80. The van der Waals surface area contributed by atoms with Crippen LogP contribution in [0, 0.1) is 13.8 Å². The van der Waals surface area contributed by atoms with Crippen LogP contribution < -0.4 is 11.1 Å². The smallest absolute Gasteiger partial charge is 0.251 e. The molecule has 4 nitrogen and oxygen atoms in total. The Morgan fingerprint density at radius 2 is 1.48 bits per heavy atom. The topological polar surface area (TPSA) is 72.2 Å². The summed E-state index contributed by atoms with van der Waals surface area (Å²) in [4.78, 5) is 25.6. The van der Waals surface area contributed by atoms with Crippen molar-refractivity contribution in [2.75, 3.05) is 5.32 Å². The first-order chi connectivity index (χ1) is 13.0. The summed E-state index contributed by atoms with van der Waals surface area (Å²) in [5.74, 6) is -0.724. The molecule has 0 aliphatic carbocycles. The van der Waals surface area contributed by atoms with E-state index in [2.05, 4.69) is 5.32 Å². The van der Waals surface area contributed by atoms with Crippen molar-refractivity contribution < 1.29 is 9.59 Å². The Hall–Kier alpha value is -2.92. The largest absolute Gasteiger partial charge is 0.365 e. The van der Waals surface area contributed by atoms with Crippen LogP contribution in [0.3, 0.4) is 0 Å². The number of rotatable bonds is 6. The van der Waals surface area contributed by atoms with Gasteiger partial charge in [0.15, 0.2) is 0 Å². The van der Waals surface area contributed by atoms with Crippen molar-refractivity contribution in [2.45, 2.75) is 26.2 Å². The summed E-state index contributed by atoms with van der Waals surface area (Å²) in [6.45, 7) is 3.76. The van der Waals surface area contributed by atoms with E-state index in [9.17, 15) is 9.59 Å². The first kappa shape index (κ1) is 18.9. The van der Waals surface area contributed by atoms with Crippen molar-refractivity contribution in [1.82, 2.24) is 0 Å². The minimum atomic E-state index is -0.519. The minimum Gasteiger partial charge on any atom is -0.365 e. The second-order valence-electron chi connectivity index (χ2n) is 6.48. The van der Waals surface area contributed by atoms with Crippen LogP contribution in [0.2, 0.25) is 0 Å². The number of aryl methyl sites for hydroxylation is 1. The third kappa shape index (κ3) is 4.26. The predicted octanol–water partition coefficient (Wildman–Crippen LogP) is 4.62. The minimum absolute atomic E-state index is 0.0633. The van der Waals surface area contributed by atoms with Crippen molar-refractivity contribution in [1.29, 1.82) is 0 Å². The second kappa shape index (κ2) is 8.18. The number of carbonyl (C=O) groups is 2. The molecule has 27 heavy (non-hydrogen) atoms. The van der Waals surface area contributed by atoms with Crippen LogP contribution in [0.4, 0.5) is 5.00 Å². The number of amides is 2. The SMILES string of the molecule is Cc1sc(NC(=O)CC(c2ccccc2)c2ccccc2)c(C(N)=O)c1C. The van der Waals surface area contributed by atoms with E-state index in [1.54, 1.807) is 0 Å². The first-order valence-electron chi connectivity index (χ1n) is 8.77. The van der Waals surface area contributed by atoms with E-state index in [4.69, 9.17) is 5.73 Å². The monoisotopic (exact) mass is 378 g/mol. The van der Waals surface area contributed by atoms with Crippen LogP contribution in [0.1, 0.15) is 44.3 Å². The van der Waals surface area contributed by atoms with E-state index in [1.807, 2.05) is 74.5 Å². The lowest BCUT2D eigenvalue weighted by Crippen LogP contribution is -2.19. The van der Waals surface area contributed by atoms with Gasteiger partial charge in [0.05, 0.1) is 5.56 Å². The number of hydrogen-bond acceptors (Lipinski definition) is 3. The number of carbonyl (C=O) groups excluding carboxylic acids is 2. The van der Waals surface area contributed by atoms with E-state index < -0.39 is 5.91 Å². The molecule has 1 heterocycles. The van der Waals surface area contributed by atoms with E-state index in [0.717, 1.165) is 21.6 Å². The molecule has 1 aromatic heterocycles. The van der Waals surface area contributed by atoms with Gasteiger partial charge < -0.3 is 11.1 Å². The lowest BCUT2D eigenvalue weighted by Gasteiger charge is -2.18. The summed E-state index contributed by atoms with van der Waals surface area (Å²) in [7, 11) is 0. The van der Waals surface area contributed by atoms with Crippen molar-refractivity contribution in [3.05, 3.63) is 87.8 Å². The lowest BCUT2D eigenvalue weighted by atomic mass is 9.88. The zero-order valence-corrected chi connectivity index (χ0v) is 16.2. The summed E-state index contributed by atoms with van der Waals surface area (Å²) in [5, 5.41) is 3.43. The van der Waals surface area contributed by atoms with Crippen molar-refractivity contribution in [3.8, 4) is 0 Å². The van der Waals surface area contributed by atoms with Gasteiger partial charge in [0, 0.05) is 17.2 Å². The van der Waals surface area contributed by atoms with Gasteiger partial charge in [0.1, 0.15) is 5.00 Å². The summed E-state index contributed by atoms with van der Waals surface area (Å²) in [6, 6.07) is 19.9. The molecule has 5 heteroatoms. The summed E-state index contributed by atoms with van der Waals surface area (Å²) in [5.41, 5.74) is 8.89. The zero-order chi connectivity index (χ0) is 19.4. The Balaban J connectivity index is 1.86. The van der Waals surface area contributed by atoms with E-state index in [-0.39, 0.29) is 18.2 Å². The number of nitrogens with one attached hydrogen (secondary N) is 1. The van der Waals surface area contributed by atoms with Gasteiger partial charge in [0.2, 0.25) is 5.91 Å². The Morgan fingerprint density at radius 1 is 0.963 bits per heavy atom. The Bertz CT molecular complexity index is 910. The molecule has 0 fully saturated rings. The van der Waals surface area contributed by atoms with Gasteiger partial charge in [-0.05, 0) is 30.5 Å². The molecule has 0 bridgehead atoms. The maximum Gasteiger partial charge on any atom is 0.251 e. The van der Waals surface area contributed by atoms with E-state index >= 15 is 0 Å². The average molecular weight is 378 g/mol. The van der Waals surface area contributed by atoms with Crippen molar-refractivity contribution in [3.63, 3.8) is 0 Å². The summed E-state index contributed by atoms with van der Waals surface area (Å²) >= 11 is 1.38. The number of thiophene rings is 1. The van der Waals surface area contributed by atoms with Crippen molar-refractivity contribution >= 4 is 28.2 Å². The van der Waals surface area contributed by atoms with Gasteiger partial charge in [-0.15, -0.1) is 11.3 Å². The summed E-state index contributed by atoms with van der Waals surface area (Å²) < 4.78 is 0. The van der Waals surface area contributed by atoms with Gasteiger partial charge in [-0.1, -0.05) is 60.7 Å². The van der Waals surface area contributed by atoms with Crippen LogP contribution >= 0.6 is 11.3 Å². The molecule has 0 saturated heterocycles. The molecule has 2 amide bonds. The third-order valence-electron chi connectivity index (χ3n) is 4.68. The molecule has 0 aliphatic heterocycles. The molecule has 3 rings (SSSR count). The molecule has 3 N–H and O–H groups in total. The molecule has 3 aromatic rings. The molecule has 138 valence electrons. The van der Waals surface area contributed by atoms with Crippen molar-refractivity contribution in [2.24, 2.45) is 5.73 Å². The van der Waals surface area contributed by atoms with Gasteiger partial charge in [-0.3, -0.25) is 9.59 Å². The first-order valence-corrected chi connectivity index (χ1v) is 9.58. The fraction of sp³-hybridized carbons (Fsp3) is 0.182. The van der Waals surface area contributed by atoms with Gasteiger partial charge >= 0.3 is 0 Å². The maximum absolute atomic E-state index is 12.8. The zero-order valence-electron chi connectivity index (χ0n) is 15.4. The molecule has 0 radical (unpaired) electrons. The highest BCUT2D eigenvalue weighted by molar-refractivity contribution is 7.16. The molecule has 0 spiro atoms. The highest BCUT2D eigenvalue weighted by atomic mass is 32.1. The second-order valence-corrected chi connectivity index (χ2v) is 7.70. The number of nitrogens with two attached hydrogens (primary N) is 1. The molecular weight excluding hydrogens is 356 g/mol. The van der Waals surface area contributed by atoms with Crippen LogP contribution in [-0.4, -0.2) is 11.8 Å². The molecule has 0 unspecified atom stereocenters. The lowest BCUT2D eigenvalue weighted by molar-refractivity contribution is -0.116. The Kier molecular flexibility index (Phi) is 5.72. The number of benzene rings is 2. The molecular formula is C22H22N2O2S. The van der Waals surface area contributed by atoms with Gasteiger partial charge in [-0.25, -0.2) is 0 Å². The fourth-order valence-corrected chi connectivity index (χ4v) is 4.26. The van der Waals surface area contributed by atoms with Crippen LogP contribution in [-0.2, 0) is 4.79 Å². The Morgan fingerprint density at radius 3 is 1.96 bits per heavy atom. The van der Waals surface area contributed by atoms with Crippen LogP contribution in [0.25, 0.3) is 0 Å². The number of hydrogen-bond donors (Lipinski definition) is 2. The average Bonchev–Trinajstić information content (AvgIpc) is 2.94. The standard InChI is InChI=1S/C22H22N2O2S/c1-14-15(2)27-22(20(14)21(23)26)24-19(25)13-18(16-9-5-3-6-10-16)17-11-7-4-8-12-17/h3-12,18H,13H2,1-2H3,(H2,23,26)(H,24,25). The molecule has 0 saturated carbocycles. The Labute approximate surface area is 163 Å². The molecule has 0 atom stereocenters. The number of primary amides is 1. The van der Waals surface area contributed by atoms with Crippen LogP contribution in [0.15, 0.2) is 60.7 Å². The highest BCUT2D eigenvalue weighted by Crippen LogP contribution is 2.33. The molecule has 0 aliphatic rings. The molecule has 2 aromatic carbocycles. The summed E-state index contributed by atoms with van der Waals surface area (Å²) in [6.07, 6.45) is 0.280. The van der Waals surface area contributed by atoms with Gasteiger partial charge in [-0.2, -0.15) is 0 Å².